The van der Waals surface area contributed by atoms with Crippen molar-refractivity contribution in [1.29, 1.82) is 0 Å². The Morgan fingerprint density at radius 3 is 1.59 bits per heavy atom. The van der Waals surface area contributed by atoms with Gasteiger partial charge in [0.15, 0.2) is 6.20 Å². The summed E-state index contributed by atoms with van der Waals surface area (Å²) in [5.74, 6) is 0.510. The van der Waals surface area contributed by atoms with Crippen LogP contribution in [0.3, 0.4) is 0 Å². The molecule has 0 aliphatic heterocycles. The van der Waals surface area contributed by atoms with E-state index >= 15 is 0 Å². The van der Waals surface area contributed by atoms with E-state index in [1.54, 1.807) is 30.5 Å². The Hall–Kier alpha value is -8.20. The van der Waals surface area contributed by atoms with Crippen molar-refractivity contribution in [3.05, 3.63) is 210 Å². The Kier molecular flexibility index (Phi) is 24.2. The molecule has 0 spiro atoms. The van der Waals surface area contributed by atoms with Crippen LogP contribution in [0.5, 0.6) is 0 Å². The molecule has 6 heterocycles. The van der Waals surface area contributed by atoms with Gasteiger partial charge in [0, 0.05) is 95.0 Å². The van der Waals surface area contributed by atoms with Crippen molar-refractivity contribution in [2.75, 3.05) is 0 Å². The van der Waals surface area contributed by atoms with Gasteiger partial charge in [-0.1, -0.05) is 143 Å². The summed E-state index contributed by atoms with van der Waals surface area (Å²) in [7, 11) is 0. The van der Waals surface area contributed by atoms with Crippen molar-refractivity contribution in [2.24, 2.45) is 23.7 Å². The molecule has 85 heavy (non-hydrogen) atoms. The third-order valence-corrected chi connectivity index (χ3v) is 16.8. The van der Waals surface area contributed by atoms with Gasteiger partial charge in [-0.15, -0.1) is 0 Å². The highest BCUT2D eigenvalue weighted by molar-refractivity contribution is 6.30. The van der Waals surface area contributed by atoms with Gasteiger partial charge >= 0.3 is 5.97 Å². The second-order valence-corrected chi connectivity index (χ2v) is 22.6. The van der Waals surface area contributed by atoms with Crippen molar-refractivity contribution < 1.29 is 29.3 Å². The molecule has 2 atom stereocenters. The Bertz CT molecular complexity index is 3490. The molecule has 2 amide bonds. The second kappa shape index (κ2) is 32.7. The molecule has 11 rings (SSSR count). The zero-order valence-electron chi connectivity index (χ0n) is 47.8. The van der Waals surface area contributed by atoms with E-state index in [0.29, 0.717) is 29.1 Å². The third kappa shape index (κ3) is 17.7. The number of amides is 2. The largest absolute Gasteiger partial charge is 0.618 e. The molecule has 15 heteroatoms. The first-order valence-electron chi connectivity index (χ1n) is 30.0. The average molecular weight is 1170 g/mol. The molecule has 0 saturated heterocycles. The summed E-state index contributed by atoms with van der Waals surface area (Å²) < 4.78 is 5.37. The quantitative estimate of drug-likeness (QED) is 0.0207. The van der Waals surface area contributed by atoms with Crippen molar-refractivity contribution in [2.45, 2.75) is 136 Å². The third-order valence-electron chi connectivity index (χ3n) is 16.5. The van der Waals surface area contributed by atoms with E-state index in [1.807, 2.05) is 54.9 Å². The average Bonchev–Trinajstić information content (AvgIpc) is 3.75. The molecule has 2 aliphatic carbocycles. The topological polar surface area (TPSA) is 180 Å². The normalized spacial score (nSPS) is 14.1. The first-order chi connectivity index (χ1) is 41.2. The number of aromatic nitrogens is 6. The van der Waals surface area contributed by atoms with Crippen LogP contribution in [0.1, 0.15) is 132 Å². The predicted octanol–water partition coefficient (Wildman–Crippen LogP) is 15.4. The molecule has 0 bridgehead atoms. The molecule has 3 N–H and O–H groups in total. The molecule has 2 saturated carbocycles. The molecule has 3 aromatic carbocycles. The van der Waals surface area contributed by atoms with E-state index in [1.165, 1.54) is 103 Å². The molecule has 2 fully saturated rings. The number of carbonyl (C=O) groups is 3. The molecular weight excluding hydrogens is 1080 g/mol. The maximum Gasteiger partial charge on any atom is 0.372 e. The van der Waals surface area contributed by atoms with Gasteiger partial charge in [-0.25, -0.2) is 14.8 Å². The van der Waals surface area contributed by atoms with Crippen molar-refractivity contribution in [3.8, 4) is 22.3 Å². The molecule has 6 aromatic heterocycles. The van der Waals surface area contributed by atoms with Crippen LogP contribution in [0, 0.1) is 28.9 Å². The lowest BCUT2D eigenvalue weighted by molar-refractivity contribution is -0.614. The van der Waals surface area contributed by atoms with Gasteiger partial charge < -0.3 is 25.0 Å². The first-order valence-corrected chi connectivity index (χ1v) is 30.3. The summed E-state index contributed by atoms with van der Waals surface area (Å²) in [5, 5.41) is 29.0. The minimum Gasteiger partial charge on any atom is -0.618 e. The minimum atomic E-state index is -0.813. The fourth-order valence-electron chi connectivity index (χ4n) is 12.2. The van der Waals surface area contributed by atoms with Gasteiger partial charge in [0.25, 0.3) is 0 Å². The van der Waals surface area contributed by atoms with Crippen LogP contribution in [0.4, 0.5) is 0 Å². The number of rotatable bonds is 21. The summed E-state index contributed by atoms with van der Waals surface area (Å²) in [6, 6.07) is 46.5. The number of fused-ring (bicyclic) bond motifs is 2. The van der Waals surface area contributed by atoms with Crippen molar-refractivity contribution in [1.82, 2.24) is 34.7 Å². The molecule has 0 radical (unpaired) electrons. The number of nitrogens with zero attached hydrogens (tertiary/aromatic N) is 6. The summed E-state index contributed by atoms with van der Waals surface area (Å²) in [5.41, 5.74) is 8.61. The Morgan fingerprint density at radius 2 is 1.09 bits per heavy atom. The van der Waals surface area contributed by atoms with Gasteiger partial charge in [-0.3, -0.25) is 19.5 Å². The number of benzene rings is 3. The van der Waals surface area contributed by atoms with Gasteiger partial charge in [0.05, 0.1) is 17.8 Å². The van der Waals surface area contributed by atoms with Crippen LogP contribution in [0.15, 0.2) is 183 Å². The number of hydrogen-bond acceptors (Lipinski definition) is 9. The number of hydrogen-bond donors (Lipinski definition) is 3. The molecule has 444 valence electrons. The van der Waals surface area contributed by atoms with Gasteiger partial charge in [0.2, 0.25) is 17.5 Å². The Balaban J connectivity index is 0.000000186. The van der Waals surface area contributed by atoms with Crippen LogP contribution in [-0.2, 0) is 40.7 Å². The summed E-state index contributed by atoms with van der Waals surface area (Å²) in [6.07, 6.45) is 29.4. The summed E-state index contributed by atoms with van der Waals surface area (Å²) >= 11 is 5.56. The fourth-order valence-corrected chi connectivity index (χ4v) is 12.4. The van der Waals surface area contributed by atoms with E-state index in [2.05, 4.69) is 119 Å². The van der Waals surface area contributed by atoms with Gasteiger partial charge in [-0.05, 0) is 135 Å². The number of pyridine rings is 4. The van der Waals surface area contributed by atoms with Crippen molar-refractivity contribution in [3.63, 3.8) is 0 Å². The number of halogens is 1. The van der Waals surface area contributed by atoms with E-state index < -0.39 is 5.97 Å². The van der Waals surface area contributed by atoms with Crippen LogP contribution in [0.25, 0.3) is 44.3 Å². The second-order valence-electron chi connectivity index (χ2n) is 22.1. The lowest BCUT2D eigenvalue weighted by atomic mass is 9.77. The summed E-state index contributed by atoms with van der Waals surface area (Å²) in [4.78, 5) is 54.4. The molecule has 14 nitrogen and oxygen atoms in total. The van der Waals surface area contributed by atoms with Crippen LogP contribution in [-0.4, -0.2) is 47.1 Å². The van der Waals surface area contributed by atoms with Gasteiger partial charge in [0.1, 0.15) is 17.8 Å². The molecule has 2 aliphatic rings. The van der Waals surface area contributed by atoms with Crippen molar-refractivity contribution >= 4 is 51.5 Å². The van der Waals surface area contributed by atoms with Crippen LogP contribution < -0.4 is 15.4 Å². The highest BCUT2D eigenvalue weighted by Crippen LogP contribution is 2.36. The number of unbranched alkanes of at least 4 members (excludes halogenated alkanes) is 2. The zero-order valence-corrected chi connectivity index (χ0v) is 48.6. The number of nitrogens with one attached hydrogen (secondary N) is 2. The highest BCUT2D eigenvalue weighted by atomic mass is 35.5. The molecule has 9 aromatic rings. The lowest BCUT2D eigenvalue weighted by Gasteiger charge is -2.29. The standard InChI is InChI=1S/C31H36N4O2.C31H36N4O.C7H5ClO3.CH4/c36-31(33-22-26-16-7-10-21-35(26)37)27(24-12-3-1-4-13-24)17-8-9-20-34-23-29(25-14-5-2-6-15-25)28-18-11-19-32-30(28)34;36-31(34-22-26-16-7-9-19-32-26)27(24-12-3-1-4-13-24)17-8-10-21-35-23-29(25-14-5-2-6-15-25)28-18-11-20-33-30(28)35;8-6-3-1-2-5(4-6)7(9)11-10;/h2,5-7,10-11,14-16,18-19,21,23-24,27H,1,3-4,8-9,12-13,17,20,22H2,(H,33,36);2,5-7,9,11,14-16,18-20,23-24,27H,1,3-4,8,10,12-13,17,21-22H2,(H,34,36);1-4,10H;1H4. The molecule has 2 unspecified atom stereocenters. The van der Waals surface area contributed by atoms with E-state index in [9.17, 15) is 19.6 Å². The SMILES string of the molecule is C.O=C(NCc1cccc[n+]1[O-])C(CCCCn1cc(-c2ccccc2)c2cccnc21)C1CCCCC1.O=C(NCc1ccccn1)C(CCCCn1cc(-c2ccccc2)c2cccnc21)C1CCCCC1.O=C(OO)c1cccc(Cl)c1. The maximum atomic E-state index is 13.3. The fraction of sp³-hybridized carbons (Fsp3) is 0.357. The monoisotopic (exact) mass is 1160 g/mol. The summed E-state index contributed by atoms with van der Waals surface area (Å²) in [6.45, 7) is 2.56. The minimum absolute atomic E-state index is 0. The van der Waals surface area contributed by atoms with E-state index in [4.69, 9.17) is 16.9 Å². The predicted molar refractivity (Wildman–Crippen MR) is 338 cm³/mol. The van der Waals surface area contributed by atoms with E-state index in [-0.39, 0.29) is 43.2 Å². The van der Waals surface area contributed by atoms with Crippen LogP contribution >= 0.6 is 11.6 Å². The zero-order chi connectivity index (χ0) is 58.3. The maximum absolute atomic E-state index is 13.3. The molecular formula is C70H81ClN8O6. The smallest absolute Gasteiger partial charge is 0.372 e. The Labute approximate surface area is 505 Å². The van der Waals surface area contributed by atoms with E-state index in [0.717, 1.165) is 86.2 Å². The van der Waals surface area contributed by atoms with Gasteiger partial charge in [-0.2, -0.15) is 9.99 Å². The van der Waals surface area contributed by atoms with Crippen LogP contribution in [0.2, 0.25) is 5.02 Å². The lowest BCUT2D eigenvalue weighted by Crippen LogP contribution is -2.39. The highest BCUT2D eigenvalue weighted by Gasteiger charge is 2.31. The number of aryl methyl sites for hydroxylation is 2. The number of carbonyl (C=O) groups excluding carboxylic acids is 3. The Morgan fingerprint density at radius 1 is 0.588 bits per heavy atom. The first kappa shape index (κ1) is 62.8.